The maximum absolute atomic E-state index is 8.81. The second-order valence-corrected chi connectivity index (χ2v) is 7.30. The fourth-order valence-corrected chi connectivity index (χ4v) is 3.01. The first-order valence-corrected chi connectivity index (χ1v) is 8.78. The van der Waals surface area contributed by atoms with E-state index in [2.05, 4.69) is 57.2 Å². The van der Waals surface area contributed by atoms with E-state index >= 15 is 0 Å². The monoisotopic (exact) mass is 338 g/mol. The van der Waals surface area contributed by atoms with E-state index in [1.54, 1.807) is 0 Å². The Morgan fingerprint density at radius 2 is 1.60 bits per heavy atom. The fourth-order valence-electron chi connectivity index (χ4n) is 3.01. The lowest BCUT2D eigenvalue weighted by Crippen LogP contribution is -2.11. The third-order valence-electron chi connectivity index (χ3n) is 4.39. The summed E-state index contributed by atoms with van der Waals surface area (Å²) in [5, 5.41) is 13.4. The number of ether oxygens (including phenoxy) is 2. The second kappa shape index (κ2) is 7.42. The molecule has 0 saturated heterocycles. The SMILES string of the molecule is CC(C)(C)c1ccc2cc3ccccc3c(OCCOCCO)c2c1. The van der Waals surface area contributed by atoms with Crippen LogP contribution in [0, 0.1) is 0 Å². The Hall–Kier alpha value is -2.10. The number of fused-ring (bicyclic) bond motifs is 2. The van der Waals surface area contributed by atoms with Gasteiger partial charge in [0.15, 0.2) is 0 Å². The van der Waals surface area contributed by atoms with Crippen LogP contribution in [0.25, 0.3) is 21.5 Å². The van der Waals surface area contributed by atoms with Crippen LogP contribution in [-0.4, -0.2) is 31.5 Å². The van der Waals surface area contributed by atoms with Gasteiger partial charge in [0, 0.05) is 10.8 Å². The molecule has 3 aromatic rings. The molecule has 0 bridgehead atoms. The molecule has 0 amide bonds. The molecule has 3 aromatic carbocycles. The third-order valence-corrected chi connectivity index (χ3v) is 4.39. The van der Waals surface area contributed by atoms with Gasteiger partial charge in [-0.05, 0) is 33.9 Å². The largest absolute Gasteiger partial charge is 0.490 e. The topological polar surface area (TPSA) is 38.7 Å². The van der Waals surface area contributed by atoms with Gasteiger partial charge in [0.2, 0.25) is 0 Å². The first-order valence-electron chi connectivity index (χ1n) is 8.78. The first kappa shape index (κ1) is 17.7. The molecule has 132 valence electrons. The maximum atomic E-state index is 8.81. The third kappa shape index (κ3) is 3.94. The van der Waals surface area contributed by atoms with E-state index < -0.39 is 0 Å². The van der Waals surface area contributed by atoms with Crippen LogP contribution >= 0.6 is 0 Å². The Morgan fingerprint density at radius 1 is 0.840 bits per heavy atom. The van der Waals surface area contributed by atoms with Crippen molar-refractivity contribution in [2.75, 3.05) is 26.4 Å². The number of benzene rings is 3. The Balaban J connectivity index is 2.06. The molecule has 3 nitrogen and oxygen atoms in total. The summed E-state index contributed by atoms with van der Waals surface area (Å²) in [7, 11) is 0. The first-order chi connectivity index (χ1) is 12.0. The van der Waals surface area contributed by atoms with Crippen molar-refractivity contribution in [1.82, 2.24) is 0 Å². The van der Waals surface area contributed by atoms with Gasteiger partial charge in [-0.2, -0.15) is 0 Å². The lowest BCUT2D eigenvalue weighted by atomic mass is 9.85. The highest BCUT2D eigenvalue weighted by molar-refractivity contribution is 6.05. The predicted molar refractivity (Wildman–Crippen MR) is 104 cm³/mol. The van der Waals surface area contributed by atoms with E-state index in [4.69, 9.17) is 14.6 Å². The minimum absolute atomic E-state index is 0.0339. The van der Waals surface area contributed by atoms with Gasteiger partial charge in [0.05, 0.1) is 19.8 Å². The zero-order valence-corrected chi connectivity index (χ0v) is 15.2. The predicted octanol–water partition coefficient (Wildman–Crippen LogP) is 4.68. The van der Waals surface area contributed by atoms with Crippen LogP contribution in [-0.2, 0) is 10.2 Å². The zero-order valence-electron chi connectivity index (χ0n) is 15.2. The molecule has 0 saturated carbocycles. The average molecular weight is 338 g/mol. The highest BCUT2D eigenvalue weighted by Crippen LogP contribution is 2.37. The quantitative estimate of drug-likeness (QED) is 0.524. The molecule has 0 radical (unpaired) electrons. The van der Waals surface area contributed by atoms with Crippen LogP contribution in [0.2, 0.25) is 0 Å². The van der Waals surface area contributed by atoms with Crippen LogP contribution in [0.1, 0.15) is 26.3 Å². The summed E-state index contributed by atoms with van der Waals surface area (Å²) in [6.07, 6.45) is 0. The lowest BCUT2D eigenvalue weighted by Gasteiger charge is -2.21. The smallest absolute Gasteiger partial charge is 0.135 e. The average Bonchev–Trinajstić information content (AvgIpc) is 2.59. The highest BCUT2D eigenvalue weighted by atomic mass is 16.5. The van der Waals surface area contributed by atoms with Crippen molar-refractivity contribution < 1.29 is 14.6 Å². The summed E-state index contributed by atoms with van der Waals surface area (Å²) in [6, 6.07) is 17.1. The second-order valence-electron chi connectivity index (χ2n) is 7.30. The molecule has 1 N–H and O–H groups in total. The van der Waals surface area contributed by atoms with Crippen LogP contribution < -0.4 is 4.74 Å². The van der Waals surface area contributed by atoms with Gasteiger partial charge >= 0.3 is 0 Å². The van der Waals surface area contributed by atoms with Gasteiger partial charge in [-0.3, -0.25) is 0 Å². The van der Waals surface area contributed by atoms with E-state index in [1.807, 2.05) is 12.1 Å². The summed E-state index contributed by atoms with van der Waals surface area (Å²) >= 11 is 0. The van der Waals surface area contributed by atoms with Gasteiger partial charge in [-0.25, -0.2) is 0 Å². The lowest BCUT2D eigenvalue weighted by molar-refractivity contribution is 0.0711. The maximum Gasteiger partial charge on any atom is 0.135 e. The highest BCUT2D eigenvalue weighted by Gasteiger charge is 2.16. The molecular weight excluding hydrogens is 312 g/mol. The molecule has 25 heavy (non-hydrogen) atoms. The molecule has 0 unspecified atom stereocenters. The van der Waals surface area contributed by atoms with Gasteiger partial charge in [-0.1, -0.05) is 57.2 Å². The van der Waals surface area contributed by atoms with Crippen LogP contribution in [0.5, 0.6) is 5.75 Å². The molecule has 3 rings (SSSR count). The van der Waals surface area contributed by atoms with E-state index in [0.29, 0.717) is 19.8 Å². The Bertz CT molecular complexity index is 862. The number of aliphatic hydroxyl groups is 1. The molecular formula is C22H26O3. The minimum Gasteiger partial charge on any atom is -0.490 e. The van der Waals surface area contributed by atoms with E-state index in [9.17, 15) is 0 Å². The zero-order chi connectivity index (χ0) is 17.9. The summed E-state index contributed by atoms with van der Waals surface area (Å²) in [4.78, 5) is 0. The van der Waals surface area contributed by atoms with Crippen molar-refractivity contribution in [1.29, 1.82) is 0 Å². The van der Waals surface area contributed by atoms with E-state index in [1.165, 1.54) is 16.3 Å². The fraction of sp³-hybridized carbons (Fsp3) is 0.364. The minimum atomic E-state index is 0.0339. The number of rotatable bonds is 6. The Kier molecular flexibility index (Phi) is 5.26. The number of aliphatic hydroxyl groups excluding tert-OH is 1. The summed E-state index contributed by atoms with van der Waals surface area (Å²) in [5.74, 6) is 0.909. The van der Waals surface area contributed by atoms with Crippen molar-refractivity contribution in [2.45, 2.75) is 26.2 Å². The van der Waals surface area contributed by atoms with Gasteiger partial charge < -0.3 is 14.6 Å². The summed E-state index contributed by atoms with van der Waals surface area (Å²) in [6.45, 7) is 7.96. The van der Waals surface area contributed by atoms with Crippen LogP contribution in [0.15, 0.2) is 48.5 Å². The van der Waals surface area contributed by atoms with Gasteiger partial charge in [-0.15, -0.1) is 0 Å². The van der Waals surface area contributed by atoms with Crippen LogP contribution in [0.3, 0.4) is 0 Å². The van der Waals surface area contributed by atoms with Crippen molar-refractivity contribution in [3.63, 3.8) is 0 Å². The van der Waals surface area contributed by atoms with Gasteiger partial charge in [0.1, 0.15) is 12.4 Å². The summed E-state index contributed by atoms with van der Waals surface area (Å²) in [5.41, 5.74) is 1.37. The Morgan fingerprint density at radius 3 is 2.36 bits per heavy atom. The molecule has 0 aliphatic rings. The molecule has 3 heteroatoms. The van der Waals surface area contributed by atoms with Crippen molar-refractivity contribution in [3.8, 4) is 5.75 Å². The van der Waals surface area contributed by atoms with E-state index in [0.717, 1.165) is 16.5 Å². The van der Waals surface area contributed by atoms with Crippen molar-refractivity contribution in [2.24, 2.45) is 0 Å². The molecule has 0 aromatic heterocycles. The normalized spacial score (nSPS) is 12.0. The van der Waals surface area contributed by atoms with E-state index in [-0.39, 0.29) is 12.0 Å². The molecule has 0 heterocycles. The number of hydrogen-bond donors (Lipinski definition) is 1. The molecule has 0 fully saturated rings. The van der Waals surface area contributed by atoms with Crippen molar-refractivity contribution >= 4 is 21.5 Å². The van der Waals surface area contributed by atoms with Gasteiger partial charge in [0.25, 0.3) is 0 Å². The Labute approximate surface area is 149 Å². The summed E-state index contributed by atoms with van der Waals surface area (Å²) < 4.78 is 11.5. The molecule has 0 spiro atoms. The van der Waals surface area contributed by atoms with Crippen molar-refractivity contribution in [3.05, 3.63) is 54.1 Å². The molecule has 0 atom stereocenters. The van der Waals surface area contributed by atoms with Crippen LogP contribution in [0.4, 0.5) is 0 Å². The standard InChI is InChI=1S/C22H26O3/c1-22(2,3)18-9-8-17-14-16-6-4-5-7-19(16)21(20(17)15-18)25-13-12-24-11-10-23/h4-9,14-15,23H,10-13H2,1-3H3. The molecule has 0 aliphatic carbocycles. The molecule has 0 aliphatic heterocycles. The number of hydrogen-bond acceptors (Lipinski definition) is 3.